The van der Waals surface area contributed by atoms with Crippen LogP contribution in [0.15, 0.2) is 24.3 Å². The Labute approximate surface area is 147 Å². The zero-order valence-electron chi connectivity index (χ0n) is 16.0. The third kappa shape index (κ3) is 5.34. The average Bonchev–Trinajstić information content (AvgIpc) is 2.54. The molecule has 0 bridgehead atoms. The van der Waals surface area contributed by atoms with Gasteiger partial charge in [-0.25, -0.2) is 4.79 Å². The second kappa shape index (κ2) is 8.15. The molecule has 1 aliphatic carbocycles. The van der Waals surface area contributed by atoms with Crippen molar-refractivity contribution in [3.05, 3.63) is 35.4 Å². The maximum atomic E-state index is 12.3. The lowest BCUT2D eigenvalue weighted by Gasteiger charge is -2.32. The molecule has 0 aliphatic heterocycles. The number of likely N-dealkylation sites (N-methyl/N-ethyl adjacent to an activating group) is 1. The third-order valence-electron chi connectivity index (χ3n) is 5.04. The van der Waals surface area contributed by atoms with Crippen LogP contribution in [0.1, 0.15) is 75.7 Å². The Balaban J connectivity index is 1.86. The number of esters is 1. The molecule has 3 heteroatoms. The molecule has 0 aromatic heterocycles. The standard InChI is InChI=1S/C21H33NO2/c1-16(15-22(5)19-9-7-6-8-10-19)24-20(23)17-11-13-18(14-12-17)21(2,3)4/h11-14,16,19H,6-10,15H2,1-5H3/t16-/m0/s1. The van der Waals surface area contributed by atoms with Gasteiger partial charge >= 0.3 is 5.97 Å². The van der Waals surface area contributed by atoms with Crippen LogP contribution < -0.4 is 0 Å². The van der Waals surface area contributed by atoms with Gasteiger partial charge in [-0.1, -0.05) is 52.2 Å². The van der Waals surface area contributed by atoms with Crippen molar-refractivity contribution < 1.29 is 9.53 Å². The molecule has 0 saturated heterocycles. The van der Waals surface area contributed by atoms with E-state index < -0.39 is 0 Å². The molecule has 0 N–H and O–H groups in total. The van der Waals surface area contributed by atoms with Gasteiger partial charge in [-0.15, -0.1) is 0 Å². The molecule has 3 nitrogen and oxygen atoms in total. The number of carbonyl (C=O) groups is 1. The van der Waals surface area contributed by atoms with E-state index in [-0.39, 0.29) is 17.5 Å². The van der Waals surface area contributed by atoms with Crippen molar-refractivity contribution in [1.82, 2.24) is 4.90 Å². The van der Waals surface area contributed by atoms with Gasteiger partial charge < -0.3 is 4.74 Å². The molecule has 1 aromatic carbocycles. The van der Waals surface area contributed by atoms with Crippen LogP contribution >= 0.6 is 0 Å². The van der Waals surface area contributed by atoms with Crippen LogP contribution in [0.2, 0.25) is 0 Å². The summed E-state index contributed by atoms with van der Waals surface area (Å²) >= 11 is 0. The maximum absolute atomic E-state index is 12.3. The zero-order chi connectivity index (χ0) is 17.7. The van der Waals surface area contributed by atoms with E-state index >= 15 is 0 Å². The van der Waals surface area contributed by atoms with E-state index in [4.69, 9.17) is 4.74 Å². The number of hydrogen-bond donors (Lipinski definition) is 0. The minimum Gasteiger partial charge on any atom is -0.458 e. The highest BCUT2D eigenvalue weighted by atomic mass is 16.5. The van der Waals surface area contributed by atoms with Gasteiger partial charge in [-0.05, 0) is 49.9 Å². The highest BCUT2D eigenvalue weighted by Crippen LogP contribution is 2.23. The fourth-order valence-corrected chi connectivity index (χ4v) is 3.47. The molecule has 0 heterocycles. The lowest BCUT2D eigenvalue weighted by molar-refractivity contribution is 0.0221. The van der Waals surface area contributed by atoms with E-state index in [9.17, 15) is 4.79 Å². The second-order valence-corrected chi connectivity index (χ2v) is 8.27. The summed E-state index contributed by atoms with van der Waals surface area (Å²) in [7, 11) is 2.15. The molecule has 1 atom stereocenters. The Kier molecular flexibility index (Phi) is 6.45. The SMILES string of the molecule is C[C@@H](CN(C)C1CCCCC1)OC(=O)c1ccc(C(C)(C)C)cc1. The second-order valence-electron chi connectivity index (χ2n) is 8.27. The van der Waals surface area contributed by atoms with E-state index in [1.54, 1.807) is 0 Å². The largest absolute Gasteiger partial charge is 0.458 e. The first kappa shape index (κ1) is 19.0. The van der Waals surface area contributed by atoms with Crippen molar-refractivity contribution >= 4 is 5.97 Å². The summed E-state index contributed by atoms with van der Waals surface area (Å²) < 4.78 is 5.64. The van der Waals surface area contributed by atoms with Crippen molar-refractivity contribution in [2.24, 2.45) is 0 Å². The topological polar surface area (TPSA) is 29.5 Å². The summed E-state index contributed by atoms with van der Waals surface area (Å²) in [4.78, 5) is 14.7. The Hall–Kier alpha value is -1.35. The van der Waals surface area contributed by atoms with E-state index in [0.29, 0.717) is 11.6 Å². The summed E-state index contributed by atoms with van der Waals surface area (Å²) in [6, 6.07) is 8.44. The monoisotopic (exact) mass is 331 g/mol. The molecule has 1 aromatic rings. The van der Waals surface area contributed by atoms with Crippen molar-refractivity contribution in [2.45, 2.75) is 77.4 Å². The Morgan fingerprint density at radius 2 is 1.75 bits per heavy atom. The van der Waals surface area contributed by atoms with Crippen molar-refractivity contribution in [3.63, 3.8) is 0 Å². The van der Waals surface area contributed by atoms with Gasteiger partial charge in [0.2, 0.25) is 0 Å². The quantitative estimate of drug-likeness (QED) is 0.726. The van der Waals surface area contributed by atoms with Crippen molar-refractivity contribution in [2.75, 3.05) is 13.6 Å². The van der Waals surface area contributed by atoms with Crippen molar-refractivity contribution in [3.8, 4) is 0 Å². The van der Waals surface area contributed by atoms with Crippen LogP contribution in [0.5, 0.6) is 0 Å². The molecule has 2 rings (SSSR count). The maximum Gasteiger partial charge on any atom is 0.338 e. The van der Waals surface area contributed by atoms with Gasteiger partial charge in [-0.3, -0.25) is 4.90 Å². The number of hydrogen-bond acceptors (Lipinski definition) is 3. The highest BCUT2D eigenvalue weighted by molar-refractivity contribution is 5.89. The summed E-state index contributed by atoms with van der Waals surface area (Å²) in [5, 5.41) is 0. The Bertz CT molecular complexity index is 524. The summed E-state index contributed by atoms with van der Waals surface area (Å²) in [6.07, 6.45) is 6.45. The number of ether oxygens (including phenoxy) is 1. The van der Waals surface area contributed by atoms with Crippen molar-refractivity contribution in [1.29, 1.82) is 0 Å². The molecular formula is C21H33NO2. The normalized spacial score (nSPS) is 17.8. The number of nitrogens with zero attached hydrogens (tertiary/aromatic N) is 1. The number of benzene rings is 1. The minimum absolute atomic E-state index is 0.0910. The lowest BCUT2D eigenvalue weighted by Crippen LogP contribution is -2.39. The molecule has 1 fully saturated rings. The van der Waals surface area contributed by atoms with Crippen LogP contribution in [-0.2, 0) is 10.2 Å². The van der Waals surface area contributed by atoms with Gasteiger partial charge in [0.1, 0.15) is 6.10 Å². The van der Waals surface area contributed by atoms with Crippen LogP contribution in [0.4, 0.5) is 0 Å². The summed E-state index contributed by atoms with van der Waals surface area (Å²) in [5.74, 6) is -0.222. The number of rotatable bonds is 5. The molecule has 0 radical (unpaired) electrons. The van der Waals surface area contributed by atoms with Gasteiger partial charge in [0.05, 0.1) is 5.56 Å². The summed E-state index contributed by atoms with van der Waals surface area (Å²) in [5.41, 5.74) is 1.96. The lowest BCUT2D eigenvalue weighted by atomic mass is 9.87. The first-order valence-electron chi connectivity index (χ1n) is 9.29. The fourth-order valence-electron chi connectivity index (χ4n) is 3.47. The number of carbonyl (C=O) groups excluding carboxylic acids is 1. The minimum atomic E-state index is -0.222. The van der Waals surface area contributed by atoms with Gasteiger partial charge in [-0.2, -0.15) is 0 Å². The molecule has 1 aliphatic rings. The summed E-state index contributed by atoms with van der Waals surface area (Å²) in [6.45, 7) is 9.30. The van der Waals surface area contributed by atoms with E-state index in [1.807, 2.05) is 31.2 Å². The van der Waals surface area contributed by atoms with Crippen LogP contribution in [0.3, 0.4) is 0 Å². The molecule has 1 saturated carbocycles. The predicted molar refractivity (Wildman–Crippen MR) is 99.5 cm³/mol. The zero-order valence-corrected chi connectivity index (χ0v) is 16.0. The van der Waals surface area contributed by atoms with Gasteiger partial charge in [0, 0.05) is 12.6 Å². The smallest absolute Gasteiger partial charge is 0.338 e. The third-order valence-corrected chi connectivity index (χ3v) is 5.04. The van der Waals surface area contributed by atoms with Crippen LogP contribution in [0.25, 0.3) is 0 Å². The molecule has 0 spiro atoms. The molecule has 0 unspecified atom stereocenters. The highest BCUT2D eigenvalue weighted by Gasteiger charge is 2.21. The predicted octanol–water partition coefficient (Wildman–Crippen LogP) is 4.79. The molecule has 134 valence electrons. The van der Waals surface area contributed by atoms with E-state index in [0.717, 1.165) is 6.54 Å². The van der Waals surface area contributed by atoms with E-state index in [2.05, 4.69) is 32.7 Å². The molecular weight excluding hydrogens is 298 g/mol. The molecule has 0 amide bonds. The first-order chi connectivity index (χ1) is 11.3. The Morgan fingerprint density at radius 3 is 2.29 bits per heavy atom. The molecule has 24 heavy (non-hydrogen) atoms. The first-order valence-corrected chi connectivity index (χ1v) is 9.29. The van der Waals surface area contributed by atoms with Crippen LogP contribution in [-0.4, -0.2) is 36.6 Å². The fraction of sp³-hybridized carbons (Fsp3) is 0.667. The van der Waals surface area contributed by atoms with E-state index in [1.165, 1.54) is 37.7 Å². The van der Waals surface area contributed by atoms with Crippen LogP contribution in [0, 0.1) is 0 Å². The Morgan fingerprint density at radius 1 is 1.17 bits per heavy atom. The van der Waals surface area contributed by atoms with Gasteiger partial charge in [0.15, 0.2) is 0 Å². The average molecular weight is 332 g/mol. The van der Waals surface area contributed by atoms with Gasteiger partial charge in [0.25, 0.3) is 0 Å².